The summed E-state index contributed by atoms with van der Waals surface area (Å²) < 4.78 is 10.1. The molecule has 1 unspecified atom stereocenters. The lowest BCUT2D eigenvalue weighted by molar-refractivity contribution is -0.160. The Kier molecular flexibility index (Phi) is 5.33. The molecule has 0 aliphatic carbocycles. The van der Waals surface area contributed by atoms with Gasteiger partial charge in [-0.1, -0.05) is 6.92 Å². The van der Waals surface area contributed by atoms with Gasteiger partial charge in [0.05, 0.1) is 6.42 Å². The van der Waals surface area contributed by atoms with Gasteiger partial charge in [0.15, 0.2) is 0 Å². The molecule has 0 fully saturated rings. The Morgan fingerprint density at radius 1 is 1.27 bits per heavy atom. The number of hydrogen-bond donors (Lipinski definition) is 0. The maximum absolute atomic E-state index is 11.4. The second-order valence-corrected chi connectivity index (χ2v) is 4.43. The van der Waals surface area contributed by atoms with Crippen molar-refractivity contribution < 1.29 is 19.1 Å². The minimum atomic E-state index is -0.494. The highest BCUT2D eigenvalue weighted by Crippen LogP contribution is 2.12. The molecular weight excluding hydrogens is 196 g/mol. The maximum atomic E-state index is 11.4. The van der Waals surface area contributed by atoms with E-state index in [1.807, 2.05) is 6.92 Å². The minimum Gasteiger partial charge on any atom is -0.462 e. The van der Waals surface area contributed by atoms with E-state index in [0.717, 1.165) is 0 Å². The summed E-state index contributed by atoms with van der Waals surface area (Å²) in [6.07, 6.45) is 0.351. The molecule has 0 rings (SSSR count). The molecule has 0 N–H and O–H groups in total. The molecule has 0 heterocycles. The van der Waals surface area contributed by atoms with Gasteiger partial charge in [0, 0.05) is 6.92 Å². The summed E-state index contributed by atoms with van der Waals surface area (Å²) in [4.78, 5) is 22.1. The van der Waals surface area contributed by atoms with E-state index in [4.69, 9.17) is 9.47 Å². The lowest BCUT2D eigenvalue weighted by Crippen LogP contribution is -2.28. The Hall–Kier alpha value is -1.06. The fourth-order valence-corrected chi connectivity index (χ4v) is 1.07. The Morgan fingerprint density at radius 3 is 2.13 bits per heavy atom. The van der Waals surface area contributed by atoms with Crippen LogP contribution in [0, 0.1) is 0 Å². The highest BCUT2D eigenvalue weighted by molar-refractivity contribution is 5.71. The number of rotatable bonds is 4. The molecule has 0 bridgehead atoms. The quantitative estimate of drug-likeness (QED) is 0.675. The molecule has 1 atom stereocenters. The molecule has 0 saturated heterocycles. The molecule has 4 heteroatoms. The summed E-state index contributed by atoms with van der Waals surface area (Å²) in [5.74, 6) is -0.707. The fourth-order valence-electron chi connectivity index (χ4n) is 1.07. The SMILES string of the molecule is CCC(CC(=O)OC(C)(C)C)OC(C)=O. The molecular formula is C11H20O4. The van der Waals surface area contributed by atoms with Gasteiger partial charge in [-0.25, -0.2) is 0 Å². The average molecular weight is 216 g/mol. The topological polar surface area (TPSA) is 52.6 Å². The van der Waals surface area contributed by atoms with Crippen LogP contribution in [-0.2, 0) is 19.1 Å². The van der Waals surface area contributed by atoms with Gasteiger partial charge in [0.2, 0.25) is 0 Å². The first-order valence-corrected chi connectivity index (χ1v) is 5.13. The Morgan fingerprint density at radius 2 is 1.80 bits per heavy atom. The molecule has 0 aliphatic rings. The van der Waals surface area contributed by atoms with Crippen LogP contribution in [0.5, 0.6) is 0 Å². The minimum absolute atomic E-state index is 0.118. The van der Waals surface area contributed by atoms with Crippen molar-refractivity contribution in [3.05, 3.63) is 0 Å². The first-order valence-electron chi connectivity index (χ1n) is 5.13. The lowest BCUT2D eigenvalue weighted by Gasteiger charge is -2.21. The molecule has 0 amide bonds. The standard InChI is InChI=1S/C11H20O4/c1-6-9(14-8(2)12)7-10(13)15-11(3,4)5/h9H,6-7H2,1-5H3. The molecule has 0 spiro atoms. The zero-order valence-electron chi connectivity index (χ0n) is 10.1. The molecule has 0 aromatic heterocycles. The third kappa shape index (κ3) is 7.97. The molecule has 0 aromatic carbocycles. The van der Waals surface area contributed by atoms with Crippen molar-refractivity contribution in [2.24, 2.45) is 0 Å². The van der Waals surface area contributed by atoms with Gasteiger partial charge < -0.3 is 9.47 Å². The summed E-state index contributed by atoms with van der Waals surface area (Å²) in [6.45, 7) is 8.60. The van der Waals surface area contributed by atoms with Crippen molar-refractivity contribution in [1.29, 1.82) is 0 Å². The fraction of sp³-hybridized carbons (Fsp3) is 0.818. The predicted octanol–water partition coefficient (Wildman–Crippen LogP) is 2.06. The van der Waals surface area contributed by atoms with Gasteiger partial charge in [-0.2, -0.15) is 0 Å². The van der Waals surface area contributed by atoms with Gasteiger partial charge in [-0.05, 0) is 27.2 Å². The van der Waals surface area contributed by atoms with E-state index in [-0.39, 0.29) is 24.5 Å². The van der Waals surface area contributed by atoms with Gasteiger partial charge in [0.1, 0.15) is 11.7 Å². The molecule has 0 radical (unpaired) electrons. The van der Waals surface area contributed by atoms with Gasteiger partial charge in [-0.15, -0.1) is 0 Å². The second kappa shape index (κ2) is 5.73. The third-order valence-electron chi connectivity index (χ3n) is 1.60. The third-order valence-corrected chi connectivity index (χ3v) is 1.60. The van der Waals surface area contributed by atoms with Crippen LogP contribution in [0.15, 0.2) is 0 Å². The highest BCUT2D eigenvalue weighted by Gasteiger charge is 2.20. The van der Waals surface area contributed by atoms with Crippen molar-refractivity contribution >= 4 is 11.9 Å². The van der Waals surface area contributed by atoms with Crippen molar-refractivity contribution in [2.75, 3.05) is 0 Å². The lowest BCUT2D eigenvalue weighted by atomic mass is 10.1. The van der Waals surface area contributed by atoms with E-state index < -0.39 is 5.60 Å². The summed E-state index contributed by atoms with van der Waals surface area (Å²) in [5.41, 5.74) is -0.494. The molecule has 0 aliphatic heterocycles. The Labute approximate surface area is 90.9 Å². The highest BCUT2D eigenvalue weighted by atomic mass is 16.6. The van der Waals surface area contributed by atoms with Crippen LogP contribution < -0.4 is 0 Å². The average Bonchev–Trinajstić information content (AvgIpc) is 1.98. The van der Waals surface area contributed by atoms with Crippen LogP contribution in [0.25, 0.3) is 0 Å². The normalized spacial score (nSPS) is 13.1. The van der Waals surface area contributed by atoms with Crippen LogP contribution in [0.4, 0.5) is 0 Å². The molecule has 15 heavy (non-hydrogen) atoms. The molecule has 0 aromatic rings. The van der Waals surface area contributed by atoms with E-state index in [1.165, 1.54) is 6.92 Å². The predicted molar refractivity (Wildman–Crippen MR) is 56.3 cm³/mol. The number of ether oxygens (including phenoxy) is 2. The number of hydrogen-bond acceptors (Lipinski definition) is 4. The van der Waals surface area contributed by atoms with E-state index >= 15 is 0 Å². The smallest absolute Gasteiger partial charge is 0.310 e. The Balaban J connectivity index is 4.07. The van der Waals surface area contributed by atoms with Crippen molar-refractivity contribution in [3.8, 4) is 0 Å². The van der Waals surface area contributed by atoms with E-state index in [9.17, 15) is 9.59 Å². The molecule has 0 saturated carbocycles. The van der Waals surface area contributed by atoms with Crippen LogP contribution in [0.3, 0.4) is 0 Å². The molecule has 88 valence electrons. The number of carbonyl (C=O) groups is 2. The maximum Gasteiger partial charge on any atom is 0.310 e. The number of esters is 2. The summed E-state index contributed by atoms with van der Waals surface area (Å²) in [7, 11) is 0. The monoisotopic (exact) mass is 216 g/mol. The number of carbonyl (C=O) groups excluding carboxylic acids is 2. The van der Waals surface area contributed by atoms with Crippen LogP contribution >= 0.6 is 0 Å². The van der Waals surface area contributed by atoms with Gasteiger partial charge in [0.25, 0.3) is 0 Å². The zero-order chi connectivity index (χ0) is 12.1. The van der Waals surface area contributed by atoms with E-state index in [2.05, 4.69) is 0 Å². The van der Waals surface area contributed by atoms with Crippen molar-refractivity contribution in [1.82, 2.24) is 0 Å². The summed E-state index contributed by atoms with van der Waals surface area (Å²) in [6, 6.07) is 0. The first-order chi connectivity index (χ1) is 6.74. The van der Waals surface area contributed by atoms with E-state index in [1.54, 1.807) is 20.8 Å². The van der Waals surface area contributed by atoms with E-state index in [0.29, 0.717) is 6.42 Å². The Bertz CT molecular complexity index is 227. The largest absolute Gasteiger partial charge is 0.462 e. The molecule has 4 nitrogen and oxygen atoms in total. The van der Waals surface area contributed by atoms with Crippen LogP contribution in [0.1, 0.15) is 47.5 Å². The van der Waals surface area contributed by atoms with Crippen LogP contribution in [-0.4, -0.2) is 23.6 Å². The second-order valence-electron chi connectivity index (χ2n) is 4.43. The van der Waals surface area contributed by atoms with Crippen LogP contribution in [0.2, 0.25) is 0 Å². The first kappa shape index (κ1) is 13.9. The van der Waals surface area contributed by atoms with Gasteiger partial charge >= 0.3 is 11.9 Å². The summed E-state index contributed by atoms with van der Waals surface area (Å²) >= 11 is 0. The van der Waals surface area contributed by atoms with Crippen molar-refractivity contribution in [3.63, 3.8) is 0 Å². The van der Waals surface area contributed by atoms with Gasteiger partial charge in [-0.3, -0.25) is 9.59 Å². The zero-order valence-corrected chi connectivity index (χ0v) is 10.1. The van der Waals surface area contributed by atoms with Crippen molar-refractivity contribution in [2.45, 2.75) is 59.2 Å². The summed E-state index contributed by atoms with van der Waals surface area (Å²) in [5, 5.41) is 0.